The number of carbonyl (C=O) groups is 1. The van der Waals surface area contributed by atoms with Crippen LogP contribution in [0.4, 0.5) is 9.93 Å². The molecule has 7 nitrogen and oxygen atoms in total. The van der Waals surface area contributed by atoms with Gasteiger partial charge < -0.3 is 15.0 Å². The molecule has 8 heteroatoms. The molecule has 1 fully saturated rings. The van der Waals surface area contributed by atoms with Gasteiger partial charge in [0.2, 0.25) is 10.1 Å². The number of nitrogens with one attached hydrogen (secondary N) is 1. The van der Waals surface area contributed by atoms with Gasteiger partial charge >= 0.3 is 6.09 Å². The van der Waals surface area contributed by atoms with Crippen molar-refractivity contribution in [1.29, 1.82) is 0 Å². The Morgan fingerprint density at radius 3 is 2.56 bits per heavy atom. The fourth-order valence-electron chi connectivity index (χ4n) is 3.23. The van der Waals surface area contributed by atoms with Gasteiger partial charge in [0.25, 0.3) is 0 Å². The number of hydrogen-bond acceptors (Lipinski definition) is 6. The zero-order valence-corrected chi connectivity index (χ0v) is 18.2. The number of anilines is 1. The van der Waals surface area contributed by atoms with Gasteiger partial charge in [0.15, 0.2) is 0 Å². The highest BCUT2D eigenvalue weighted by Gasteiger charge is 2.30. The maximum absolute atomic E-state index is 12.0. The molecule has 3 rings (SSSR count). The van der Waals surface area contributed by atoms with Crippen molar-refractivity contribution in [2.75, 3.05) is 11.4 Å². The molecule has 1 amide bonds. The van der Waals surface area contributed by atoms with Crippen molar-refractivity contribution < 1.29 is 9.53 Å². The van der Waals surface area contributed by atoms with Crippen LogP contribution in [0.5, 0.6) is 0 Å². The highest BCUT2D eigenvalue weighted by molar-refractivity contribution is 7.20. The molecule has 1 saturated heterocycles. The lowest BCUT2D eigenvalue weighted by Gasteiger charge is -2.37. The Hall–Kier alpha value is -1.83. The lowest BCUT2D eigenvalue weighted by atomic mass is 9.93. The summed E-state index contributed by atoms with van der Waals surface area (Å²) in [6.45, 7) is 15.1. The third-order valence-corrected chi connectivity index (χ3v) is 5.60. The van der Waals surface area contributed by atoms with Gasteiger partial charge in [-0.05, 0) is 40.5 Å². The minimum absolute atomic E-state index is 0.0204. The molecule has 0 saturated carbocycles. The van der Waals surface area contributed by atoms with Gasteiger partial charge in [0.05, 0.1) is 11.9 Å². The lowest BCUT2D eigenvalue weighted by molar-refractivity contribution is 0.0494. The first-order valence-corrected chi connectivity index (χ1v) is 10.4. The van der Waals surface area contributed by atoms with Crippen LogP contribution < -0.4 is 10.2 Å². The van der Waals surface area contributed by atoms with Gasteiger partial charge in [0.1, 0.15) is 5.60 Å². The molecule has 3 heterocycles. The Bertz CT molecular complexity index is 783. The number of rotatable bonds is 2. The second kappa shape index (κ2) is 6.96. The molecule has 27 heavy (non-hydrogen) atoms. The Morgan fingerprint density at radius 2 is 2.00 bits per heavy atom. The van der Waals surface area contributed by atoms with E-state index < -0.39 is 5.60 Å². The first kappa shape index (κ1) is 19.9. The summed E-state index contributed by atoms with van der Waals surface area (Å²) in [7, 11) is 0. The molecule has 0 aliphatic carbocycles. The van der Waals surface area contributed by atoms with Gasteiger partial charge in [-0.1, -0.05) is 32.1 Å². The van der Waals surface area contributed by atoms with Crippen molar-refractivity contribution in [3.63, 3.8) is 0 Å². The first-order valence-electron chi connectivity index (χ1n) is 9.55. The van der Waals surface area contributed by atoms with Crippen molar-refractivity contribution >= 4 is 27.5 Å². The fourth-order valence-corrected chi connectivity index (χ4v) is 4.24. The largest absolute Gasteiger partial charge is 0.444 e. The maximum atomic E-state index is 12.0. The number of carbonyl (C=O) groups excluding carboxylic acids is 1. The normalized spacial score (nSPS) is 21.5. The molecular weight excluding hydrogens is 362 g/mol. The van der Waals surface area contributed by atoms with E-state index >= 15 is 0 Å². The van der Waals surface area contributed by atoms with E-state index in [0.29, 0.717) is 0 Å². The quantitative estimate of drug-likeness (QED) is 0.836. The van der Waals surface area contributed by atoms with Crippen molar-refractivity contribution in [3.8, 4) is 0 Å². The van der Waals surface area contributed by atoms with Crippen LogP contribution in [0.3, 0.4) is 0 Å². The van der Waals surface area contributed by atoms with Crippen molar-refractivity contribution in [1.82, 2.24) is 19.9 Å². The molecule has 2 atom stereocenters. The van der Waals surface area contributed by atoms with Crippen LogP contribution >= 0.6 is 11.3 Å². The smallest absolute Gasteiger partial charge is 0.407 e. The van der Waals surface area contributed by atoms with E-state index in [1.165, 1.54) is 0 Å². The van der Waals surface area contributed by atoms with Crippen LogP contribution in [0.25, 0.3) is 4.96 Å². The molecule has 2 unspecified atom stereocenters. The Kier molecular flexibility index (Phi) is 5.14. The number of hydrogen-bond donors (Lipinski definition) is 1. The van der Waals surface area contributed by atoms with Crippen LogP contribution in [-0.4, -0.2) is 44.9 Å². The van der Waals surface area contributed by atoms with Gasteiger partial charge in [-0.3, -0.25) is 0 Å². The summed E-state index contributed by atoms with van der Waals surface area (Å²) in [6.07, 6.45) is 3.43. The van der Waals surface area contributed by atoms with Gasteiger partial charge in [-0.15, -0.1) is 5.10 Å². The molecule has 0 bridgehead atoms. The van der Waals surface area contributed by atoms with Gasteiger partial charge in [-0.25, -0.2) is 14.3 Å². The van der Waals surface area contributed by atoms with Crippen molar-refractivity contribution in [2.45, 2.75) is 84.4 Å². The van der Waals surface area contributed by atoms with E-state index in [1.807, 2.05) is 31.5 Å². The summed E-state index contributed by atoms with van der Waals surface area (Å²) < 4.78 is 7.26. The Balaban J connectivity index is 1.63. The van der Waals surface area contributed by atoms with Crippen LogP contribution in [0.2, 0.25) is 0 Å². The van der Waals surface area contributed by atoms with Crippen molar-refractivity contribution in [2.24, 2.45) is 0 Å². The third-order valence-electron chi connectivity index (χ3n) is 4.64. The SMILES string of the molecule is CC1CC(NC(=O)OC(C)(C)C)CCN1c1nn2cc(C(C)(C)C)nc2s1. The molecule has 1 aliphatic heterocycles. The van der Waals surface area contributed by atoms with Crippen LogP contribution in [0.15, 0.2) is 6.20 Å². The molecule has 2 aromatic rings. The highest BCUT2D eigenvalue weighted by Crippen LogP contribution is 2.31. The topological polar surface area (TPSA) is 71.8 Å². The standard InChI is InChI=1S/C19H31N5O2S/c1-12-10-13(20-17(25)26-19(5,6)7)8-9-23(12)16-22-24-11-14(18(2,3)4)21-15(24)27-16/h11-13H,8-10H2,1-7H3,(H,20,25). The summed E-state index contributed by atoms with van der Waals surface area (Å²) in [5, 5.41) is 8.73. The van der Waals surface area contributed by atoms with Crippen LogP contribution in [-0.2, 0) is 10.2 Å². The summed E-state index contributed by atoms with van der Waals surface area (Å²) in [4.78, 5) is 20.0. The summed E-state index contributed by atoms with van der Waals surface area (Å²) >= 11 is 1.62. The zero-order valence-electron chi connectivity index (χ0n) is 17.4. The number of amides is 1. The van der Waals surface area contributed by atoms with E-state index in [-0.39, 0.29) is 23.6 Å². The molecule has 150 valence electrons. The minimum Gasteiger partial charge on any atom is -0.444 e. The monoisotopic (exact) mass is 393 g/mol. The number of alkyl carbamates (subject to hydrolysis) is 1. The highest BCUT2D eigenvalue weighted by atomic mass is 32.1. The van der Waals surface area contributed by atoms with Gasteiger partial charge in [-0.2, -0.15) is 0 Å². The summed E-state index contributed by atoms with van der Waals surface area (Å²) in [6, 6.07) is 0.416. The number of nitrogens with zero attached hydrogens (tertiary/aromatic N) is 4. The fraction of sp³-hybridized carbons (Fsp3) is 0.737. The molecule has 0 radical (unpaired) electrons. The number of aromatic nitrogens is 3. The number of piperidine rings is 1. The summed E-state index contributed by atoms with van der Waals surface area (Å²) in [5.74, 6) is 0. The predicted molar refractivity (Wildman–Crippen MR) is 109 cm³/mol. The lowest BCUT2D eigenvalue weighted by Crippen LogP contribution is -2.49. The average molecular weight is 394 g/mol. The van der Waals surface area contributed by atoms with E-state index in [9.17, 15) is 4.79 Å². The molecule has 0 spiro atoms. The van der Waals surface area contributed by atoms with Crippen LogP contribution in [0, 0.1) is 0 Å². The average Bonchev–Trinajstić information content (AvgIpc) is 3.03. The van der Waals surface area contributed by atoms with E-state index in [0.717, 1.165) is 35.2 Å². The number of imidazole rings is 1. The third kappa shape index (κ3) is 4.72. The molecule has 0 aromatic carbocycles. The number of ether oxygens (including phenoxy) is 1. The molecular formula is C19H31N5O2S. The van der Waals surface area contributed by atoms with E-state index in [1.54, 1.807) is 11.3 Å². The maximum Gasteiger partial charge on any atom is 0.407 e. The zero-order chi connectivity index (χ0) is 20.0. The first-order chi connectivity index (χ1) is 12.4. The number of fused-ring (bicyclic) bond motifs is 1. The second-order valence-corrected chi connectivity index (χ2v) is 10.3. The van der Waals surface area contributed by atoms with Gasteiger partial charge in [0, 0.05) is 24.0 Å². The molecule has 2 aromatic heterocycles. The summed E-state index contributed by atoms with van der Waals surface area (Å²) in [5.41, 5.74) is 0.603. The van der Waals surface area contributed by atoms with E-state index in [2.05, 4.69) is 37.9 Å². The predicted octanol–water partition coefficient (Wildman–Crippen LogP) is 3.97. The molecule has 1 N–H and O–H groups in total. The minimum atomic E-state index is -0.474. The van der Waals surface area contributed by atoms with Crippen LogP contribution in [0.1, 0.15) is 67.0 Å². The van der Waals surface area contributed by atoms with E-state index in [4.69, 9.17) is 14.8 Å². The molecule has 1 aliphatic rings. The Labute approximate surface area is 165 Å². The second-order valence-electron chi connectivity index (χ2n) is 9.40. The Morgan fingerprint density at radius 1 is 1.30 bits per heavy atom. The van der Waals surface area contributed by atoms with Crippen molar-refractivity contribution in [3.05, 3.63) is 11.9 Å².